The normalized spacial score (nSPS) is 12.5. The highest BCUT2D eigenvalue weighted by Gasteiger charge is 1.97. The van der Waals surface area contributed by atoms with Gasteiger partial charge in [0.15, 0.2) is 0 Å². The Bertz CT molecular complexity index is 210. The molecular formula is C9H15N3. The zero-order valence-corrected chi connectivity index (χ0v) is 7.62. The van der Waals surface area contributed by atoms with Crippen LogP contribution < -0.4 is 5.32 Å². The zero-order chi connectivity index (χ0) is 8.81. The number of hydrogen-bond donors (Lipinski definition) is 1. The molecule has 0 amide bonds. The molecule has 0 aliphatic carbocycles. The van der Waals surface area contributed by atoms with Crippen molar-refractivity contribution in [3.8, 4) is 0 Å². The van der Waals surface area contributed by atoms with Crippen molar-refractivity contribution in [2.45, 2.75) is 20.3 Å². The van der Waals surface area contributed by atoms with Crippen LogP contribution in [0.2, 0.25) is 0 Å². The van der Waals surface area contributed by atoms with Crippen molar-refractivity contribution in [1.82, 2.24) is 9.97 Å². The molecule has 1 rings (SSSR count). The molecule has 0 radical (unpaired) electrons. The lowest BCUT2D eigenvalue weighted by Crippen LogP contribution is -2.11. The molecule has 0 saturated heterocycles. The second-order valence-corrected chi connectivity index (χ2v) is 2.98. The highest BCUT2D eigenvalue weighted by atomic mass is 15.0. The number of nitrogens with zero attached hydrogens (tertiary/aromatic N) is 2. The van der Waals surface area contributed by atoms with Gasteiger partial charge in [-0.25, -0.2) is 4.98 Å². The Morgan fingerprint density at radius 1 is 1.50 bits per heavy atom. The Labute approximate surface area is 73.2 Å². The van der Waals surface area contributed by atoms with Gasteiger partial charge in [0.25, 0.3) is 0 Å². The topological polar surface area (TPSA) is 37.8 Å². The van der Waals surface area contributed by atoms with Crippen LogP contribution in [0.4, 0.5) is 5.82 Å². The third-order valence-corrected chi connectivity index (χ3v) is 1.89. The maximum absolute atomic E-state index is 4.11. The summed E-state index contributed by atoms with van der Waals surface area (Å²) in [5, 5.41) is 3.22. The van der Waals surface area contributed by atoms with E-state index in [2.05, 4.69) is 29.1 Å². The third-order valence-electron chi connectivity index (χ3n) is 1.89. The first-order valence-corrected chi connectivity index (χ1v) is 4.32. The molecule has 0 fully saturated rings. The lowest BCUT2D eigenvalue weighted by atomic mass is 10.1. The van der Waals surface area contributed by atoms with Crippen LogP contribution >= 0.6 is 0 Å². The summed E-state index contributed by atoms with van der Waals surface area (Å²) in [4.78, 5) is 8.07. The Morgan fingerprint density at radius 3 is 2.92 bits per heavy atom. The molecule has 1 unspecified atom stereocenters. The van der Waals surface area contributed by atoms with E-state index in [1.807, 2.05) is 0 Å². The molecule has 0 aromatic carbocycles. The van der Waals surface area contributed by atoms with Gasteiger partial charge in [0.1, 0.15) is 5.82 Å². The molecule has 3 heteroatoms. The predicted molar refractivity (Wildman–Crippen MR) is 50.0 cm³/mol. The summed E-state index contributed by atoms with van der Waals surface area (Å²) in [7, 11) is 0. The van der Waals surface area contributed by atoms with E-state index in [1.54, 1.807) is 18.6 Å². The molecule has 1 aromatic heterocycles. The molecule has 3 nitrogen and oxygen atoms in total. The van der Waals surface area contributed by atoms with E-state index in [9.17, 15) is 0 Å². The van der Waals surface area contributed by atoms with Gasteiger partial charge in [-0.05, 0) is 5.92 Å². The zero-order valence-electron chi connectivity index (χ0n) is 7.62. The van der Waals surface area contributed by atoms with Crippen molar-refractivity contribution >= 4 is 5.82 Å². The van der Waals surface area contributed by atoms with Crippen LogP contribution in [-0.4, -0.2) is 16.5 Å². The van der Waals surface area contributed by atoms with Gasteiger partial charge in [0.2, 0.25) is 0 Å². The van der Waals surface area contributed by atoms with Crippen molar-refractivity contribution in [2.75, 3.05) is 11.9 Å². The van der Waals surface area contributed by atoms with Crippen LogP contribution in [-0.2, 0) is 0 Å². The summed E-state index contributed by atoms with van der Waals surface area (Å²) >= 11 is 0. The second kappa shape index (κ2) is 4.70. The number of hydrogen-bond acceptors (Lipinski definition) is 3. The molecular weight excluding hydrogens is 150 g/mol. The molecule has 1 atom stereocenters. The number of aromatic nitrogens is 2. The van der Waals surface area contributed by atoms with Gasteiger partial charge < -0.3 is 5.32 Å². The molecule has 0 saturated carbocycles. The molecule has 1 N–H and O–H groups in total. The van der Waals surface area contributed by atoms with Crippen molar-refractivity contribution in [1.29, 1.82) is 0 Å². The molecule has 0 spiro atoms. The summed E-state index contributed by atoms with van der Waals surface area (Å²) in [6, 6.07) is 0. The Hall–Kier alpha value is -1.12. The van der Waals surface area contributed by atoms with Gasteiger partial charge >= 0.3 is 0 Å². The fourth-order valence-electron chi connectivity index (χ4n) is 0.814. The molecule has 1 aromatic rings. The Morgan fingerprint density at radius 2 is 2.33 bits per heavy atom. The summed E-state index contributed by atoms with van der Waals surface area (Å²) in [6.07, 6.45) is 6.29. The van der Waals surface area contributed by atoms with E-state index >= 15 is 0 Å². The summed E-state index contributed by atoms with van der Waals surface area (Å²) in [5.74, 6) is 1.55. The second-order valence-electron chi connectivity index (χ2n) is 2.98. The fraction of sp³-hybridized carbons (Fsp3) is 0.556. The largest absolute Gasteiger partial charge is 0.369 e. The van der Waals surface area contributed by atoms with E-state index in [0.717, 1.165) is 12.4 Å². The van der Waals surface area contributed by atoms with E-state index in [4.69, 9.17) is 0 Å². The molecule has 1 heterocycles. The van der Waals surface area contributed by atoms with Crippen LogP contribution in [0.5, 0.6) is 0 Å². The molecule has 0 aliphatic rings. The standard InChI is InChI=1S/C9H15N3/c1-3-8(2)6-12-9-7-10-4-5-11-9/h4-5,7-8H,3,6H2,1-2H3,(H,11,12). The Balaban J connectivity index is 2.33. The summed E-state index contributed by atoms with van der Waals surface area (Å²) < 4.78 is 0. The first-order valence-electron chi connectivity index (χ1n) is 4.32. The van der Waals surface area contributed by atoms with Gasteiger partial charge in [0.05, 0.1) is 6.20 Å². The average molecular weight is 165 g/mol. The fourth-order valence-corrected chi connectivity index (χ4v) is 0.814. The van der Waals surface area contributed by atoms with Gasteiger partial charge in [-0.3, -0.25) is 4.98 Å². The summed E-state index contributed by atoms with van der Waals surface area (Å²) in [6.45, 7) is 5.36. The van der Waals surface area contributed by atoms with Crippen LogP contribution in [0, 0.1) is 5.92 Å². The SMILES string of the molecule is CCC(C)CNc1cnccn1. The van der Waals surface area contributed by atoms with Crippen LogP contribution in [0.3, 0.4) is 0 Å². The first-order chi connectivity index (χ1) is 5.83. The molecule has 12 heavy (non-hydrogen) atoms. The van der Waals surface area contributed by atoms with Crippen molar-refractivity contribution in [3.63, 3.8) is 0 Å². The number of rotatable bonds is 4. The minimum absolute atomic E-state index is 0.687. The van der Waals surface area contributed by atoms with E-state index in [0.29, 0.717) is 5.92 Å². The maximum atomic E-state index is 4.11. The van der Waals surface area contributed by atoms with Crippen molar-refractivity contribution in [3.05, 3.63) is 18.6 Å². The minimum atomic E-state index is 0.687. The van der Waals surface area contributed by atoms with E-state index in [-0.39, 0.29) is 0 Å². The Kier molecular flexibility index (Phi) is 3.51. The van der Waals surface area contributed by atoms with Gasteiger partial charge in [-0.15, -0.1) is 0 Å². The van der Waals surface area contributed by atoms with E-state index in [1.165, 1.54) is 6.42 Å². The lowest BCUT2D eigenvalue weighted by molar-refractivity contribution is 0.592. The minimum Gasteiger partial charge on any atom is -0.369 e. The van der Waals surface area contributed by atoms with E-state index < -0.39 is 0 Å². The monoisotopic (exact) mass is 165 g/mol. The highest BCUT2D eigenvalue weighted by Crippen LogP contribution is 2.03. The van der Waals surface area contributed by atoms with Crippen molar-refractivity contribution in [2.24, 2.45) is 5.92 Å². The number of anilines is 1. The average Bonchev–Trinajstić information content (AvgIpc) is 2.16. The number of nitrogens with one attached hydrogen (secondary N) is 1. The van der Waals surface area contributed by atoms with Gasteiger partial charge in [-0.1, -0.05) is 20.3 Å². The van der Waals surface area contributed by atoms with Gasteiger partial charge in [-0.2, -0.15) is 0 Å². The van der Waals surface area contributed by atoms with Crippen LogP contribution in [0.25, 0.3) is 0 Å². The smallest absolute Gasteiger partial charge is 0.144 e. The maximum Gasteiger partial charge on any atom is 0.144 e. The first kappa shape index (κ1) is 8.97. The van der Waals surface area contributed by atoms with Crippen molar-refractivity contribution < 1.29 is 0 Å². The highest BCUT2D eigenvalue weighted by molar-refractivity contribution is 5.29. The third kappa shape index (κ3) is 2.86. The van der Waals surface area contributed by atoms with Crippen LogP contribution in [0.15, 0.2) is 18.6 Å². The molecule has 0 aliphatic heterocycles. The molecule has 0 bridgehead atoms. The summed E-state index contributed by atoms with van der Waals surface area (Å²) in [5.41, 5.74) is 0. The quantitative estimate of drug-likeness (QED) is 0.740. The van der Waals surface area contributed by atoms with Crippen LogP contribution in [0.1, 0.15) is 20.3 Å². The predicted octanol–water partition coefficient (Wildman–Crippen LogP) is 1.93. The van der Waals surface area contributed by atoms with Gasteiger partial charge in [0, 0.05) is 18.9 Å². The molecule has 66 valence electrons. The lowest BCUT2D eigenvalue weighted by Gasteiger charge is -2.09.